The Kier molecular flexibility index (Phi) is 1.54. The van der Waals surface area contributed by atoms with E-state index in [1.165, 1.54) is 0 Å². The van der Waals surface area contributed by atoms with Gasteiger partial charge < -0.3 is 9.32 Å². The first kappa shape index (κ1) is 7.22. The molecule has 2 heteroatoms. The zero-order valence-electron chi connectivity index (χ0n) is 7.16. The Balaban J connectivity index is 2.70. The molecule has 0 spiro atoms. The van der Waals surface area contributed by atoms with Crippen LogP contribution in [0.3, 0.4) is 0 Å². The van der Waals surface area contributed by atoms with Crippen molar-refractivity contribution in [3.05, 3.63) is 30.5 Å². The van der Waals surface area contributed by atoms with Crippen molar-refractivity contribution in [3.63, 3.8) is 0 Å². The van der Waals surface area contributed by atoms with Crippen molar-refractivity contribution in [2.24, 2.45) is 0 Å². The lowest BCUT2D eigenvalue weighted by atomic mass is 10.2. The van der Waals surface area contributed by atoms with Crippen LogP contribution < -0.4 is 4.90 Å². The quantitative estimate of drug-likeness (QED) is 0.636. The fraction of sp³-hybridized carbons (Fsp3) is 0.200. The summed E-state index contributed by atoms with van der Waals surface area (Å²) in [7, 11) is 3.96. The number of furan rings is 1. The predicted molar refractivity (Wildman–Crippen MR) is 49.4 cm³/mol. The molecule has 0 bridgehead atoms. The normalized spacial score (nSPS) is 10.5. The summed E-state index contributed by atoms with van der Waals surface area (Å²) in [4.78, 5) is 1.99. The maximum atomic E-state index is 5.24. The van der Waals surface area contributed by atoms with Crippen LogP contribution in [0, 0.1) is 6.26 Å². The minimum absolute atomic E-state index is 0.890. The number of hydrogen-bond donors (Lipinski definition) is 0. The van der Waals surface area contributed by atoms with Gasteiger partial charge in [-0.2, -0.15) is 0 Å². The van der Waals surface area contributed by atoms with E-state index in [1.807, 2.05) is 43.3 Å². The van der Waals surface area contributed by atoms with Gasteiger partial charge in [0.05, 0.1) is 5.69 Å². The fourth-order valence-electron chi connectivity index (χ4n) is 1.24. The van der Waals surface area contributed by atoms with E-state index < -0.39 is 0 Å². The summed E-state index contributed by atoms with van der Waals surface area (Å²) < 4.78 is 5.24. The molecule has 2 rings (SSSR count). The van der Waals surface area contributed by atoms with Crippen molar-refractivity contribution in [1.29, 1.82) is 0 Å². The second kappa shape index (κ2) is 2.55. The molecule has 2 aromatic rings. The van der Waals surface area contributed by atoms with Crippen LogP contribution in [0.4, 0.5) is 5.69 Å². The number of rotatable bonds is 1. The first-order chi connectivity index (χ1) is 5.79. The minimum Gasteiger partial charge on any atom is -0.450 e. The third kappa shape index (κ3) is 0.961. The Bertz CT molecular complexity index is 389. The molecule has 1 heterocycles. The van der Waals surface area contributed by atoms with Crippen LogP contribution in [0.25, 0.3) is 11.0 Å². The van der Waals surface area contributed by atoms with Crippen molar-refractivity contribution in [2.75, 3.05) is 19.0 Å². The molecule has 0 aliphatic heterocycles. The highest BCUT2D eigenvalue weighted by atomic mass is 16.3. The minimum atomic E-state index is 0.890. The van der Waals surface area contributed by atoms with Gasteiger partial charge in [-0.3, -0.25) is 0 Å². The predicted octanol–water partition coefficient (Wildman–Crippen LogP) is 2.30. The maximum absolute atomic E-state index is 5.24. The monoisotopic (exact) mass is 160 g/mol. The van der Waals surface area contributed by atoms with Gasteiger partial charge in [-0.05, 0) is 12.1 Å². The van der Waals surface area contributed by atoms with E-state index in [9.17, 15) is 0 Å². The largest absolute Gasteiger partial charge is 0.450 e. The number of anilines is 1. The van der Waals surface area contributed by atoms with Gasteiger partial charge in [0.1, 0.15) is 5.58 Å². The van der Waals surface area contributed by atoms with Crippen LogP contribution in [-0.2, 0) is 0 Å². The smallest absolute Gasteiger partial charge is 0.196 e. The maximum Gasteiger partial charge on any atom is 0.196 e. The second-order valence-corrected chi connectivity index (χ2v) is 2.94. The van der Waals surface area contributed by atoms with Crippen LogP contribution in [0.5, 0.6) is 0 Å². The molecule has 0 aliphatic carbocycles. The molecule has 2 nitrogen and oxygen atoms in total. The van der Waals surface area contributed by atoms with Crippen LogP contribution in [0.15, 0.2) is 28.7 Å². The average molecular weight is 160 g/mol. The first-order valence-corrected chi connectivity index (χ1v) is 3.85. The molecule has 0 unspecified atom stereocenters. The summed E-state index contributed by atoms with van der Waals surface area (Å²) in [6, 6.07) is 7.93. The van der Waals surface area contributed by atoms with Crippen molar-refractivity contribution in [3.8, 4) is 0 Å². The summed E-state index contributed by atoms with van der Waals surface area (Å²) in [6.45, 7) is 0. The Morgan fingerprint density at radius 2 is 2.00 bits per heavy atom. The highest BCUT2D eigenvalue weighted by Gasteiger charge is 2.05. The van der Waals surface area contributed by atoms with Gasteiger partial charge in [-0.1, -0.05) is 12.1 Å². The Morgan fingerprint density at radius 3 is 2.75 bits per heavy atom. The molecule has 1 aromatic carbocycles. The number of nitrogens with zero attached hydrogens (tertiary/aromatic N) is 1. The number of hydrogen-bond acceptors (Lipinski definition) is 2. The van der Waals surface area contributed by atoms with Crippen molar-refractivity contribution < 1.29 is 4.42 Å². The van der Waals surface area contributed by atoms with Gasteiger partial charge in [0.15, 0.2) is 6.26 Å². The van der Waals surface area contributed by atoms with E-state index in [0.29, 0.717) is 0 Å². The second-order valence-electron chi connectivity index (χ2n) is 2.94. The van der Waals surface area contributed by atoms with E-state index in [-0.39, 0.29) is 0 Å². The first-order valence-electron chi connectivity index (χ1n) is 3.85. The summed E-state index contributed by atoms with van der Waals surface area (Å²) in [6.07, 6.45) is 2.86. The molecular formula is C10H10NO. The molecule has 0 fully saturated rings. The van der Waals surface area contributed by atoms with Crippen LogP contribution in [0.1, 0.15) is 0 Å². The highest BCUT2D eigenvalue weighted by molar-refractivity contribution is 5.90. The molecule has 0 atom stereocenters. The lowest BCUT2D eigenvalue weighted by molar-refractivity contribution is 0.605. The number of fused-ring (bicyclic) bond motifs is 1. The van der Waals surface area contributed by atoms with Gasteiger partial charge in [0.25, 0.3) is 0 Å². The molecule has 12 heavy (non-hydrogen) atoms. The summed E-state index contributed by atoms with van der Waals surface area (Å²) >= 11 is 0. The summed E-state index contributed by atoms with van der Waals surface area (Å²) in [5.41, 5.74) is 1.90. The zero-order valence-corrected chi connectivity index (χ0v) is 7.16. The molecule has 0 aliphatic rings. The van der Waals surface area contributed by atoms with Crippen LogP contribution in [0.2, 0.25) is 0 Å². The molecular weight excluding hydrogens is 150 g/mol. The SMILES string of the molecule is CN(C)c1[c]oc2ccccc12. The average Bonchev–Trinajstić information content (AvgIpc) is 2.47. The van der Waals surface area contributed by atoms with Gasteiger partial charge in [0, 0.05) is 19.5 Å². The van der Waals surface area contributed by atoms with Gasteiger partial charge in [0.2, 0.25) is 0 Å². The van der Waals surface area contributed by atoms with Crippen LogP contribution >= 0.6 is 0 Å². The van der Waals surface area contributed by atoms with E-state index in [2.05, 4.69) is 6.26 Å². The summed E-state index contributed by atoms with van der Waals surface area (Å²) in [5.74, 6) is 0. The van der Waals surface area contributed by atoms with Crippen molar-refractivity contribution in [2.45, 2.75) is 0 Å². The Labute approximate surface area is 71.4 Å². The molecule has 0 saturated heterocycles. The topological polar surface area (TPSA) is 16.4 Å². The molecule has 61 valence electrons. The van der Waals surface area contributed by atoms with Crippen molar-refractivity contribution >= 4 is 16.7 Å². The fourth-order valence-corrected chi connectivity index (χ4v) is 1.24. The van der Waals surface area contributed by atoms with Crippen LogP contribution in [-0.4, -0.2) is 14.1 Å². The third-order valence-corrected chi connectivity index (χ3v) is 1.85. The standard InChI is InChI=1S/C10H10NO/c1-11(2)9-7-12-10-6-4-3-5-8(9)10/h3-6H,1-2H3. The van der Waals surface area contributed by atoms with E-state index >= 15 is 0 Å². The lowest BCUT2D eigenvalue weighted by Crippen LogP contribution is -2.07. The van der Waals surface area contributed by atoms with Gasteiger partial charge in [-0.15, -0.1) is 0 Å². The van der Waals surface area contributed by atoms with E-state index in [4.69, 9.17) is 4.42 Å². The Morgan fingerprint density at radius 1 is 1.25 bits per heavy atom. The Hall–Kier alpha value is -1.44. The van der Waals surface area contributed by atoms with Gasteiger partial charge >= 0.3 is 0 Å². The lowest BCUT2D eigenvalue weighted by Gasteiger charge is -2.07. The molecule has 0 amide bonds. The van der Waals surface area contributed by atoms with Crippen molar-refractivity contribution in [1.82, 2.24) is 0 Å². The molecule has 1 radical (unpaired) electrons. The van der Waals surface area contributed by atoms with E-state index in [0.717, 1.165) is 16.7 Å². The molecule has 0 saturated carbocycles. The molecule has 0 N–H and O–H groups in total. The van der Waals surface area contributed by atoms with E-state index in [1.54, 1.807) is 0 Å². The number of para-hydroxylation sites is 1. The zero-order chi connectivity index (χ0) is 8.55. The highest BCUT2D eigenvalue weighted by Crippen LogP contribution is 2.26. The summed E-state index contributed by atoms with van der Waals surface area (Å²) in [5, 5.41) is 1.11. The third-order valence-electron chi connectivity index (χ3n) is 1.85. The number of benzene rings is 1. The van der Waals surface area contributed by atoms with Gasteiger partial charge in [-0.25, -0.2) is 0 Å². The molecule has 1 aromatic heterocycles.